The summed E-state index contributed by atoms with van der Waals surface area (Å²) in [4.78, 5) is 11.1. The molecule has 0 unspecified atom stereocenters. The summed E-state index contributed by atoms with van der Waals surface area (Å²) in [6, 6.07) is 3.41. The van der Waals surface area contributed by atoms with E-state index in [1.807, 2.05) is 6.92 Å². The van der Waals surface area contributed by atoms with E-state index in [1.54, 1.807) is 0 Å². The molecule has 0 amide bonds. The number of nitrogens with zero attached hydrogens (tertiary/aromatic N) is 1. The first-order valence-corrected chi connectivity index (χ1v) is 8.09. The lowest BCUT2D eigenvalue weighted by Crippen LogP contribution is -2.36. The number of hydrogen-bond donors (Lipinski definition) is 3. The Kier molecular flexibility index (Phi) is 4.85. The summed E-state index contributed by atoms with van der Waals surface area (Å²) in [6.45, 7) is 3.61. The van der Waals surface area contributed by atoms with Crippen molar-refractivity contribution in [3.63, 3.8) is 0 Å². The lowest BCUT2D eigenvalue weighted by molar-refractivity contribution is -0.137. The molecular weight excluding hydrogens is 337 g/mol. The highest BCUT2D eigenvalue weighted by molar-refractivity contribution is 5.65. The number of aromatic nitrogens is 2. The SMILES string of the molecule is C[C@H](Nc1cc(-c2n[nH]c(=O)o2)ccc1C(F)(F)F)C1CCNCC1. The van der Waals surface area contributed by atoms with Crippen LogP contribution < -0.4 is 16.4 Å². The van der Waals surface area contributed by atoms with Gasteiger partial charge in [0.2, 0.25) is 5.89 Å². The van der Waals surface area contributed by atoms with Gasteiger partial charge in [0, 0.05) is 17.3 Å². The van der Waals surface area contributed by atoms with Crippen molar-refractivity contribution in [2.45, 2.75) is 32.0 Å². The van der Waals surface area contributed by atoms with Crippen LogP contribution in [-0.2, 0) is 6.18 Å². The molecule has 1 aliphatic rings. The predicted octanol–water partition coefficient (Wildman–Crippen LogP) is 2.85. The van der Waals surface area contributed by atoms with E-state index in [2.05, 4.69) is 20.8 Å². The third-order valence-electron chi connectivity index (χ3n) is 4.48. The maximum Gasteiger partial charge on any atom is 0.434 e. The van der Waals surface area contributed by atoms with Crippen LogP contribution in [0.25, 0.3) is 11.5 Å². The van der Waals surface area contributed by atoms with Crippen LogP contribution in [0.3, 0.4) is 0 Å². The Morgan fingerprint density at radius 2 is 2.04 bits per heavy atom. The molecule has 2 heterocycles. The molecule has 9 heteroatoms. The molecule has 1 fully saturated rings. The number of aromatic amines is 1. The molecule has 3 N–H and O–H groups in total. The largest absolute Gasteiger partial charge is 0.434 e. The van der Waals surface area contributed by atoms with Crippen molar-refractivity contribution in [3.05, 3.63) is 34.3 Å². The highest BCUT2D eigenvalue weighted by atomic mass is 19.4. The van der Waals surface area contributed by atoms with E-state index in [1.165, 1.54) is 12.1 Å². The van der Waals surface area contributed by atoms with Crippen LogP contribution in [0.15, 0.2) is 27.4 Å². The molecular formula is C16H19F3N4O2. The van der Waals surface area contributed by atoms with Crippen LogP contribution in [0.1, 0.15) is 25.3 Å². The van der Waals surface area contributed by atoms with Crippen molar-refractivity contribution in [3.8, 4) is 11.5 Å². The highest BCUT2D eigenvalue weighted by Crippen LogP contribution is 2.37. The minimum Gasteiger partial charge on any atom is -0.388 e. The van der Waals surface area contributed by atoms with Gasteiger partial charge in [0.1, 0.15) is 0 Å². The number of rotatable bonds is 4. The number of alkyl halides is 3. The lowest BCUT2D eigenvalue weighted by Gasteiger charge is -2.30. The Balaban J connectivity index is 1.91. The van der Waals surface area contributed by atoms with Gasteiger partial charge in [-0.1, -0.05) is 0 Å². The zero-order valence-corrected chi connectivity index (χ0v) is 13.6. The second-order valence-corrected chi connectivity index (χ2v) is 6.20. The molecule has 0 saturated carbocycles. The molecule has 0 aliphatic carbocycles. The number of anilines is 1. The van der Waals surface area contributed by atoms with E-state index < -0.39 is 17.5 Å². The monoisotopic (exact) mass is 356 g/mol. The minimum atomic E-state index is -4.49. The normalized spacial score (nSPS) is 17.4. The fraction of sp³-hybridized carbons (Fsp3) is 0.500. The Hall–Kier alpha value is -2.29. The van der Waals surface area contributed by atoms with Crippen molar-refractivity contribution in [1.82, 2.24) is 15.5 Å². The average molecular weight is 356 g/mol. The predicted molar refractivity (Wildman–Crippen MR) is 86.2 cm³/mol. The average Bonchev–Trinajstić information content (AvgIpc) is 3.01. The summed E-state index contributed by atoms with van der Waals surface area (Å²) in [5.41, 5.74) is -0.497. The van der Waals surface area contributed by atoms with E-state index in [4.69, 9.17) is 4.42 Å². The molecule has 1 atom stereocenters. The van der Waals surface area contributed by atoms with Crippen molar-refractivity contribution < 1.29 is 17.6 Å². The third-order valence-corrected chi connectivity index (χ3v) is 4.48. The number of hydrogen-bond acceptors (Lipinski definition) is 5. The fourth-order valence-corrected chi connectivity index (χ4v) is 3.10. The van der Waals surface area contributed by atoms with Gasteiger partial charge in [-0.25, -0.2) is 9.89 Å². The first kappa shape index (κ1) is 17.5. The Labute approximate surface area is 141 Å². The number of nitrogens with one attached hydrogen (secondary N) is 3. The van der Waals surface area contributed by atoms with Gasteiger partial charge in [-0.15, -0.1) is 5.10 Å². The van der Waals surface area contributed by atoms with Crippen LogP contribution in [0.4, 0.5) is 18.9 Å². The fourth-order valence-electron chi connectivity index (χ4n) is 3.10. The van der Waals surface area contributed by atoms with Gasteiger partial charge in [-0.05, 0) is 57.0 Å². The molecule has 1 aromatic carbocycles. The summed E-state index contributed by atoms with van der Waals surface area (Å²) in [5.74, 6) is -0.516. The minimum absolute atomic E-state index is 0.0401. The zero-order valence-electron chi connectivity index (χ0n) is 13.6. The highest BCUT2D eigenvalue weighted by Gasteiger charge is 2.34. The van der Waals surface area contributed by atoms with E-state index in [9.17, 15) is 18.0 Å². The molecule has 1 saturated heterocycles. The third kappa shape index (κ3) is 4.04. The van der Waals surface area contributed by atoms with Crippen molar-refractivity contribution >= 4 is 5.69 Å². The Morgan fingerprint density at radius 1 is 1.32 bits per heavy atom. The van der Waals surface area contributed by atoms with Gasteiger partial charge >= 0.3 is 11.9 Å². The first-order valence-electron chi connectivity index (χ1n) is 8.09. The summed E-state index contributed by atoms with van der Waals surface area (Å²) in [5, 5.41) is 12.0. The summed E-state index contributed by atoms with van der Waals surface area (Å²) >= 11 is 0. The van der Waals surface area contributed by atoms with Gasteiger partial charge in [0.15, 0.2) is 0 Å². The van der Waals surface area contributed by atoms with Crippen LogP contribution in [0, 0.1) is 5.92 Å². The van der Waals surface area contributed by atoms with Gasteiger partial charge in [0.05, 0.1) is 5.56 Å². The smallest absolute Gasteiger partial charge is 0.388 e. The lowest BCUT2D eigenvalue weighted by atomic mass is 9.91. The van der Waals surface area contributed by atoms with E-state index in [0.29, 0.717) is 5.56 Å². The van der Waals surface area contributed by atoms with Crippen molar-refractivity contribution in [2.75, 3.05) is 18.4 Å². The summed E-state index contributed by atoms with van der Waals surface area (Å²) in [7, 11) is 0. The van der Waals surface area contributed by atoms with Crippen molar-refractivity contribution in [1.29, 1.82) is 0 Å². The quantitative estimate of drug-likeness (QED) is 0.785. The molecule has 2 aromatic rings. The van der Waals surface area contributed by atoms with Crippen LogP contribution in [-0.4, -0.2) is 29.3 Å². The molecule has 1 aromatic heterocycles. The maximum absolute atomic E-state index is 13.3. The Morgan fingerprint density at radius 3 is 2.64 bits per heavy atom. The van der Waals surface area contributed by atoms with E-state index >= 15 is 0 Å². The molecule has 136 valence electrons. The molecule has 25 heavy (non-hydrogen) atoms. The van der Waals surface area contributed by atoms with E-state index in [-0.39, 0.29) is 23.5 Å². The number of piperidine rings is 1. The van der Waals surface area contributed by atoms with Crippen LogP contribution >= 0.6 is 0 Å². The molecule has 0 spiro atoms. The Bertz CT molecular complexity index is 778. The number of benzene rings is 1. The first-order chi connectivity index (χ1) is 11.8. The van der Waals surface area contributed by atoms with Crippen LogP contribution in [0.5, 0.6) is 0 Å². The molecule has 1 aliphatic heterocycles. The standard InChI is InChI=1S/C16H19F3N4O2/c1-9(10-4-6-20-7-5-10)21-13-8-11(14-22-23-15(24)25-14)2-3-12(13)16(17,18)19/h2-3,8-10,20-21H,4-7H2,1H3,(H,23,24)/t9-/m0/s1. The van der Waals surface area contributed by atoms with Crippen molar-refractivity contribution in [2.24, 2.45) is 5.92 Å². The van der Waals surface area contributed by atoms with Gasteiger partial charge < -0.3 is 15.1 Å². The van der Waals surface area contributed by atoms with Gasteiger partial charge in [0.25, 0.3) is 0 Å². The number of H-pyrrole nitrogens is 1. The summed E-state index contributed by atoms with van der Waals surface area (Å²) in [6.07, 6.45) is -2.67. The topological polar surface area (TPSA) is 83.0 Å². The molecule has 3 rings (SSSR count). The molecule has 0 radical (unpaired) electrons. The second kappa shape index (κ2) is 6.91. The number of halogens is 3. The second-order valence-electron chi connectivity index (χ2n) is 6.20. The zero-order chi connectivity index (χ0) is 18.0. The molecule has 0 bridgehead atoms. The van der Waals surface area contributed by atoms with Gasteiger partial charge in [-0.2, -0.15) is 13.2 Å². The van der Waals surface area contributed by atoms with Crippen LogP contribution in [0.2, 0.25) is 0 Å². The molecule has 6 nitrogen and oxygen atoms in total. The maximum atomic E-state index is 13.3. The van der Waals surface area contributed by atoms with E-state index in [0.717, 1.165) is 32.0 Å². The summed E-state index contributed by atoms with van der Waals surface area (Å²) < 4.78 is 44.8. The van der Waals surface area contributed by atoms with Gasteiger partial charge in [-0.3, -0.25) is 0 Å².